The molecule has 1 aliphatic heterocycles. The van der Waals surface area contributed by atoms with Crippen LogP contribution in [0.1, 0.15) is 0 Å². The number of rotatable bonds is 3. The molecular formula is C7H16N2O2. The van der Waals surface area contributed by atoms with Crippen LogP contribution in [0.15, 0.2) is 0 Å². The third-order valence-corrected chi connectivity index (χ3v) is 1.99. The summed E-state index contributed by atoms with van der Waals surface area (Å²) < 4.78 is 5.09. The van der Waals surface area contributed by atoms with Crippen molar-refractivity contribution in [1.82, 2.24) is 10.2 Å². The van der Waals surface area contributed by atoms with Crippen LogP contribution in [0.4, 0.5) is 0 Å². The van der Waals surface area contributed by atoms with E-state index in [1.54, 1.807) is 7.11 Å². The number of nitrogens with zero attached hydrogens (tertiary/aromatic N) is 1. The molecule has 4 nitrogen and oxygen atoms in total. The molecule has 0 aromatic heterocycles. The van der Waals surface area contributed by atoms with E-state index in [4.69, 9.17) is 9.84 Å². The van der Waals surface area contributed by atoms with Crippen molar-refractivity contribution >= 4 is 0 Å². The minimum absolute atomic E-state index is 0.0799. The largest absolute Gasteiger partial charge is 0.392 e. The maximum Gasteiger partial charge on any atom is 0.133 e. The van der Waals surface area contributed by atoms with Crippen molar-refractivity contribution in [3.8, 4) is 0 Å². The summed E-state index contributed by atoms with van der Waals surface area (Å²) in [6.45, 7) is 3.97. The molecule has 1 saturated heterocycles. The Morgan fingerprint density at radius 3 is 2.64 bits per heavy atom. The average Bonchev–Trinajstić information content (AvgIpc) is 2.09. The van der Waals surface area contributed by atoms with Crippen LogP contribution in [0.25, 0.3) is 0 Å². The lowest BCUT2D eigenvalue weighted by Gasteiger charge is -2.32. The van der Waals surface area contributed by atoms with Crippen LogP contribution in [0.3, 0.4) is 0 Å². The normalized spacial score (nSPS) is 23.5. The monoisotopic (exact) mass is 160 g/mol. The molecule has 0 radical (unpaired) electrons. The van der Waals surface area contributed by atoms with Crippen molar-refractivity contribution in [2.24, 2.45) is 0 Å². The zero-order valence-electron chi connectivity index (χ0n) is 6.92. The Bertz CT molecular complexity index is 101. The molecule has 11 heavy (non-hydrogen) atoms. The SMILES string of the molecule is COC(CO)N1CCNCC1. The summed E-state index contributed by atoms with van der Waals surface area (Å²) in [4.78, 5) is 2.14. The minimum Gasteiger partial charge on any atom is -0.392 e. The molecule has 1 heterocycles. The number of ether oxygens (including phenoxy) is 1. The summed E-state index contributed by atoms with van der Waals surface area (Å²) >= 11 is 0. The van der Waals surface area contributed by atoms with Gasteiger partial charge in [0.15, 0.2) is 0 Å². The first-order valence-corrected chi connectivity index (χ1v) is 3.97. The van der Waals surface area contributed by atoms with Gasteiger partial charge < -0.3 is 15.2 Å². The van der Waals surface area contributed by atoms with Gasteiger partial charge in [0, 0.05) is 33.3 Å². The van der Waals surface area contributed by atoms with E-state index in [1.165, 1.54) is 0 Å². The van der Waals surface area contributed by atoms with Gasteiger partial charge in [-0.1, -0.05) is 0 Å². The van der Waals surface area contributed by atoms with Crippen molar-refractivity contribution in [2.45, 2.75) is 6.23 Å². The first-order chi connectivity index (χ1) is 5.38. The molecule has 1 atom stereocenters. The van der Waals surface area contributed by atoms with E-state index in [1.807, 2.05) is 0 Å². The molecule has 4 heteroatoms. The number of aliphatic hydroxyl groups excluding tert-OH is 1. The van der Waals surface area contributed by atoms with E-state index in [0.717, 1.165) is 26.2 Å². The molecule has 0 aromatic carbocycles. The number of hydrogen-bond acceptors (Lipinski definition) is 4. The lowest BCUT2D eigenvalue weighted by atomic mass is 10.3. The summed E-state index contributed by atoms with van der Waals surface area (Å²) in [7, 11) is 1.63. The molecule has 1 rings (SSSR count). The second-order valence-electron chi connectivity index (χ2n) is 2.66. The van der Waals surface area contributed by atoms with Crippen LogP contribution in [0.2, 0.25) is 0 Å². The maximum absolute atomic E-state index is 8.89. The number of methoxy groups -OCH3 is 1. The minimum atomic E-state index is -0.114. The zero-order chi connectivity index (χ0) is 8.10. The van der Waals surface area contributed by atoms with Gasteiger partial charge in [0.25, 0.3) is 0 Å². The van der Waals surface area contributed by atoms with Gasteiger partial charge in [0.2, 0.25) is 0 Å². The molecular weight excluding hydrogens is 144 g/mol. The van der Waals surface area contributed by atoms with Crippen molar-refractivity contribution in [3.63, 3.8) is 0 Å². The van der Waals surface area contributed by atoms with Crippen molar-refractivity contribution < 1.29 is 9.84 Å². The summed E-state index contributed by atoms with van der Waals surface area (Å²) in [5.41, 5.74) is 0. The predicted octanol–water partition coefficient (Wildman–Crippen LogP) is -1.14. The fraction of sp³-hybridized carbons (Fsp3) is 1.00. The van der Waals surface area contributed by atoms with Crippen LogP contribution in [0.5, 0.6) is 0 Å². The second-order valence-corrected chi connectivity index (χ2v) is 2.66. The Morgan fingerprint density at radius 1 is 1.55 bits per heavy atom. The first-order valence-electron chi connectivity index (χ1n) is 3.97. The lowest BCUT2D eigenvalue weighted by Crippen LogP contribution is -2.50. The van der Waals surface area contributed by atoms with Gasteiger partial charge >= 0.3 is 0 Å². The van der Waals surface area contributed by atoms with Gasteiger partial charge in [-0.25, -0.2) is 0 Å². The number of aliphatic hydroxyl groups is 1. The maximum atomic E-state index is 8.89. The van der Waals surface area contributed by atoms with Crippen LogP contribution in [-0.4, -0.2) is 56.1 Å². The predicted molar refractivity (Wildman–Crippen MR) is 42.3 cm³/mol. The smallest absolute Gasteiger partial charge is 0.133 e. The van der Waals surface area contributed by atoms with Gasteiger partial charge in [0.05, 0.1) is 6.61 Å². The highest BCUT2D eigenvalue weighted by Crippen LogP contribution is 2.00. The van der Waals surface area contributed by atoms with E-state index < -0.39 is 0 Å². The van der Waals surface area contributed by atoms with Gasteiger partial charge in [-0.15, -0.1) is 0 Å². The molecule has 0 aliphatic carbocycles. The molecule has 1 aliphatic rings. The topological polar surface area (TPSA) is 44.7 Å². The molecule has 1 unspecified atom stereocenters. The molecule has 2 N–H and O–H groups in total. The Kier molecular flexibility index (Phi) is 3.79. The van der Waals surface area contributed by atoms with Gasteiger partial charge in [-0.3, -0.25) is 4.90 Å². The van der Waals surface area contributed by atoms with Gasteiger partial charge in [0.1, 0.15) is 6.23 Å². The molecule has 66 valence electrons. The Balaban J connectivity index is 2.30. The third-order valence-electron chi connectivity index (χ3n) is 1.99. The quantitative estimate of drug-likeness (QED) is 0.547. The van der Waals surface area contributed by atoms with E-state index >= 15 is 0 Å². The molecule has 0 aromatic rings. The van der Waals surface area contributed by atoms with Crippen molar-refractivity contribution in [2.75, 3.05) is 39.9 Å². The van der Waals surface area contributed by atoms with Gasteiger partial charge in [-0.05, 0) is 0 Å². The van der Waals surface area contributed by atoms with Gasteiger partial charge in [-0.2, -0.15) is 0 Å². The summed E-state index contributed by atoms with van der Waals surface area (Å²) in [6, 6.07) is 0. The molecule has 0 spiro atoms. The van der Waals surface area contributed by atoms with Crippen LogP contribution in [-0.2, 0) is 4.74 Å². The Labute approximate surface area is 67.1 Å². The number of nitrogens with one attached hydrogen (secondary N) is 1. The number of piperazine rings is 1. The van der Waals surface area contributed by atoms with E-state index in [2.05, 4.69) is 10.2 Å². The highest BCUT2D eigenvalue weighted by atomic mass is 16.5. The Morgan fingerprint density at radius 2 is 2.18 bits per heavy atom. The molecule has 0 saturated carbocycles. The fourth-order valence-electron chi connectivity index (χ4n) is 1.31. The van der Waals surface area contributed by atoms with Crippen LogP contribution in [0, 0.1) is 0 Å². The summed E-state index contributed by atoms with van der Waals surface area (Å²) in [5, 5.41) is 12.1. The van der Waals surface area contributed by atoms with E-state index in [0.29, 0.717) is 0 Å². The van der Waals surface area contributed by atoms with Crippen molar-refractivity contribution in [1.29, 1.82) is 0 Å². The highest BCUT2D eigenvalue weighted by molar-refractivity contribution is 4.70. The summed E-state index contributed by atoms with van der Waals surface area (Å²) in [6.07, 6.45) is -0.114. The molecule has 1 fully saturated rings. The standard InChI is InChI=1S/C7H16N2O2/c1-11-7(6-10)9-4-2-8-3-5-9/h7-8,10H,2-6H2,1H3. The Hall–Kier alpha value is -0.160. The van der Waals surface area contributed by atoms with E-state index in [9.17, 15) is 0 Å². The van der Waals surface area contributed by atoms with Crippen LogP contribution < -0.4 is 5.32 Å². The molecule has 0 bridgehead atoms. The average molecular weight is 160 g/mol. The zero-order valence-corrected chi connectivity index (χ0v) is 6.92. The first kappa shape index (κ1) is 8.93. The second kappa shape index (κ2) is 4.66. The highest BCUT2D eigenvalue weighted by Gasteiger charge is 2.18. The van der Waals surface area contributed by atoms with E-state index in [-0.39, 0.29) is 12.8 Å². The van der Waals surface area contributed by atoms with Crippen molar-refractivity contribution in [3.05, 3.63) is 0 Å². The fourth-order valence-corrected chi connectivity index (χ4v) is 1.31. The number of hydrogen-bond donors (Lipinski definition) is 2. The molecule has 0 amide bonds. The lowest BCUT2D eigenvalue weighted by molar-refractivity contribution is -0.0680. The summed E-state index contributed by atoms with van der Waals surface area (Å²) in [5.74, 6) is 0. The van der Waals surface area contributed by atoms with Crippen LogP contribution >= 0.6 is 0 Å². The third kappa shape index (κ3) is 2.41.